The van der Waals surface area contributed by atoms with Gasteiger partial charge >= 0.3 is 0 Å². The zero-order valence-electron chi connectivity index (χ0n) is 11.1. The summed E-state index contributed by atoms with van der Waals surface area (Å²) < 4.78 is 19.7. The van der Waals surface area contributed by atoms with E-state index in [-0.39, 0.29) is 18.0 Å². The molecule has 1 fully saturated rings. The molecule has 2 unspecified atom stereocenters. The van der Waals surface area contributed by atoms with Crippen molar-refractivity contribution >= 4 is 11.6 Å². The third kappa shape index (κ3) is 3.45. The fourth-order valence-corrected chi connectivity index (χ4v) is 2.68. The quantitative estimate of drug-likeness (QED) is 0.925. The molecule has 1 heterocycles. The van der Waals surface area contributed by atoms with E-state index >= 15 is 0 Å². The summed E-state index contributed by atoms with van der Waals surface area (Å²) in [4.78, 5) is 2.20. The molecule has 2 rings (SSSR count). The van der Waals surface area contributed by atoms with Crippen LogP contribution in [0.1, 0.15) is 24.9 Å². The highest BCUT2D eigenvalue weighted by atomic mass is 35.5. The molecule has 1 aromatic rings. The van der Waals surface area contributed by atoms with Gasteiger partial charge in [-0.1, -0.05) is 24.6 Å². The summed E-state index contributed by atoms with van der Waals surface area (Å²) in [7, 11) is 0. The van der Waals surface area contributed by atoms with Crippen LogP contribution in [0.5, 0.6) is 0 Å². The molecule has 1 saturated heterocycles. The summed E-state index contributed by atoms with van der Waals surface area (Å²) >= 11 is 5.79. The molecule has 0 spiro atoms. The fraction of sp³-hybridized carbons (Fsp3) is 0.571. The topological polar surface area (TPSA) is 38.5 Å². The second-order valence-corrected chi connectivity index (χ2v) is 5.25. The van der Waals surface area contributed by atoms with Gasteiger partial charge in [-0.15, -0.1) is 0 Å². The molecular weight excluding hydrogens is 267 g/mol. The van der Waals surface area contributed by atoms with E-state index in [0.29, 0.717) is 23.7 Å². The Bertz CT molecular complexity index is 430. The molecule has 1 aromatic carbocycles. The van der Waals surface area contributed by atoms with E-state index in [9.17, 15) is 4.39 Å². The van der Waals surface area contributed by atoms with E-state index in [1.807, 2.05) is 0 Å². The van der Waals surface area contributed by atoms with Crippen LogP contribution in [-0.2, 0) is 4.74 Å². The minimum atomic E-state index is -0.289. The number of hydrogen-bond donors (Lipinski definition) is 1. The summed E-state index contributed by atoms with van der Waals surface area (Å²) in [5, 5.41) is 0.408. The van der Waals surface area contributed by atoms with Crippen molar-refractivity contribution in [2.24, 2.45) is 5.73 Å². The van der Waals surface area contributed by atoms with Gasteiger partial charge in [0, 0.05) is 30.2 Å². The Morgan fingerprint density at radius 1 is 1.58 bits per heavy atom. The normalized spacial score (nSPS) is 22.4. The van der Waals surface area contributed by atoms with E-state index in [1.54, 1.807) is 12.1 Å². The Labute approximate surface area is 118 Å². The zero-order chi connectivity index (χ0) is 13.8. The maximum Gasteiger partial charge on any atom is 0.129 e. The number of ether oxygens (including phenoxy) is 1. The van der Waals surface area contributed by atoms with Crippen molar-refractivity contribution in [3.8, 4) is 0 Å². The van der Waals surface area contributed by atoms with Gasteiger partial charge in [0.25, 0.3) is 0 Å². The van der Waals surface area contributed by atoms with Crippen molar-refractivity contribution in [2.75, 3.05) is 26.2 Å². The number of benzene rings is 1. The highest BCUT2D eigenvalue weighted by molar-refractivity contribution is 6.30. The number of morpholine rings is 1. The van der Waals surface area contributed by atoms with Crippen molar-refractivity contribution in [1.82, 2.24) is 4.90 Å². The Balaban J connectivity index is 2.19. The van der Waals surface area contributed by atoms with Crippen LogP contribution in [0.25, 0.3) is 0 Å². The van der Waals surface area contributed by atoms with Crippen LogP contribution in [0.2, 0.25) is 5.02 Å². The molecule has 19 heavy (non-hydrogen) atoms. The molecule has 1 aliphatic heterocycles. The first-order valence-electron chi connectivity index (χ1n) is 6.66. The highest BCUT2D eigenvalue weighted by Gasteiger charge is 2.27. The Kier molecular flexibility index (Phi) is 5.16. The molecule has 0 radical (unpaired) electrons. The van der Waals surface area contributed by atoms with E-state index in [0.717, 1.165) is 19.5 Å². The molecule has 2 atom stereocenters. The lowest BCUT2D eigenvalue weighted by Gasteiger charge is -2.38. The van der Waals surface area contributed by atoms with Gasteiger partial charge in [-0.05, 0) is 18.6 Å². The molecule has 0 saturated carbocycles. The lowest BCUT2D eigenvalue weighted by atomic mass is 10.0. The standard InChI is InChI=1S/C14H20ClFN2O/c1-2-11-9-18(5-6-19-11)14(8-17)12-4-3-10(15)7-13(12)16/h3-4,7,11,14H,2,5-6,8-9,17H2,1H3. The number of halogens is 2. The zero-order valence-corrected chi connectivity index (χ0v) is 11.9. The van der Waals surface area contributed by atoms with Crippen LogP contribution < -0.4 is 5.73 Å². The molecule has 0 aromatic heterocycles. The van der Waals surface area contributed by atoms with E-state index in [4.69, 9.17) is 22.1 Å². The van der Waals surface area contributed by atoms with Gasteiger partial charge in [-0.25, -0.2) is 4.39 Å². The molecule has 0 amide bonds. The minimum absolute atomic E-state index is 0.116. The summed E-state index contributed by atoms with van der Waals surface area (Å²) in [5.41, 5.74) is 6.46. The van der Waals surface area contributed by atoms with Gasteiger partial charge < -0.3 is 10.5 Å². The molecule has 2 N–H and O–H groups in total. The molecule has 0 bridgehead atoms. The predicted octanol–water partition coefficient (Wildman–Crippen LogP) is 2.59. The largest absolute Gasteiger partial charge is 0.376 e. The van der Waals surface area contributed by atoms with E-state index < -0.39 is 0 Å². The Hall–Kier alpha value is -0.680. The first-order valence-corrected chi connectivity index (χ1v) is 7.04. The lowest BCUT2D eigenvalue weighted by molar-refractivity contribution is -0.0441. The molecule has 106 valence electrons. The minimum Gasteiger partial charge on any atom is -0.376 e. The molecule has 5 heteroatoms. The molecule has 3 nitrogen and oxygen atoms in total. The van der Waals surface area contributed by atoms with Gasteiger partial charge in [0.1, 0.15) is 5.82 Å². The maximum atomic E-state index is 14.0. The molecule has 0 aliphatic carbocycles. The predicted molar refractivity (Wildman–Crippen MR) is 74.8 cm³/mol. The van der Waals surface area contributed by atoms with Crippen molar-refractivity contribution in [3.05, 3.63) is 34.6 Å². The SMILES string of the molecule is CCC1CN(C(CN)c2ccc(Cl)cc2F)CCO1. The van der Waals surface area contributed by atoms with Gasteiger partial charge in [0.2, 0.25) is 0 Å². The number of nitrogens with zero attached hydrogens (tertiary/aromatic N) is 1. The second-order valence-electron chi connectivity index (χ2n) is 4.81. The average Bonchev–Trinajstić information content (AvgIpc) is 2.42. The Morgan fingerprint density at radius 3 is 3.00 bits per heavy atom. The fourth-order valence-electron chi connectivity index (χ4n) is 2.52. The summed E-state index contributed by atoms with van der Waals surface area (Å²) in [6, 6.07) is 4.67. The van der Waals surface area contributed by atoms with Crippen molar-refractivity contribution in [1.29, 1.82) is 0 Å². The Morgan fingerprint density at radius 2 is 2.37 bits per heavy atom. The number of hydrogen-bond acceptors (Lipinski definition) is 3. The molecule has 1 aliphatic rings. The van der Waals surface area contributed by atoms with Gasteiger partial charge in [-0.3, -0.25) is 4.90 Å². The van der Waals surface area contributed by atoms with Crippen LogP contribution in [0.15, 0.2) is 18.2 Å². The monoisotopic (exact) mass is 286 g/mol. The summed E-state index contributed by atoms with van der Waals surface area (Å²) in [6.07, 6.45) is 1.16. The lowest BCUT2D eigenvalue weighted by Crippen LogP contribution is -2.46. The van der Waals surface area contributed by atoms with E-state index in [1.165, 1.54) is 6.07 Å². The van der Waals surface area contributed by atoms with Crippen molar-refractivity contribution in [3.63, 3.8) is 0 Å². The summed E-state index contributed by atoms with van der Waals surface area (Å²) in [5.74, 6) is -0.289. The smallest absolute Gasteiger partial charge is 0.129 e. The second kappa shape index (κ2) is 6.66. The summed E-state index contributed by atoms with van der Waals surface area (Å²) in [6.45, 7) is 4.72. The van der Waals surface area contributed by atoms with E-state index in [2.05, 4.69) is 11.8 Å². The first-order chi connectivity index (χ1) is 9.15. The number of rotatable bonds is 4. The van der Waals surface area contributed by atoms with Crippen LogP contribution in [0, 0.1) is 5.82 Å². The van der Waals surface area contributed by atoms with Crippen LogP contribution in [0.4, 0.5) is 4.39 Å². The molecular formula is C14H20ClFN2O. The van der Waals surface area contributed by atoms with Crippen LogP contribution in [0.3, 0.4) is 0 Å². The van der Waals surface area contributed by atoms with Crippen molar-refractivity contribution < 1.29 is 9.13 Å². The van der Waals surface area contributed by atoms with Gasteiger partial charge in [0.05, 0.1) is 18.8 Å². The number of nitrogens with two attached hydrogens (primary N) is 1. The highest BCUT2D eigenvalue weighted by Crippen LogP contribution is 2.26. The van der Waals surface area contributed by atoms with Crippen molar-refractivity contribution in [2.45, 2.75) is 25.5 Å². The third-order valence-corrected chi connectivity index (χ3v) is 3.85. The maximum absolute atomic E-state index is 14.0. The van der Waals surface area contributed by atoms with Crippen LogP contribution >= 0.6 is 11.6 Å². The first kappa shape index (κ1) is 14.7. The third-order valence-electron chi connectivity index (χ3n) is 3.61. The average molecular weight is 287 g/mol. The van der Waals surface area contributed by atoms with Gasteiger partial charge in [0.15, 0.2) is 0 Å². The van der Waals surface area contributed by atoms with Crippen LogP contribution in [-0.4, -0.2) is 37.2 Å². The van der Waals surface area contributed by atoms with Gasteiger partial charge in [-0.2, -0.15) is 0 Å².